The van der Waals surface area contributed by atoms with Gasteiger partial charge in [0.15, 0.2) is 0 Å². The number of benzene rings is 1. The number of aromatic nitrogens is 3. The molecule has 1 aromatic carbocycles. The fourth-order valence-corrected chi connectivity index (χ4v) is 3.67. The summed E-state index contributed by atoms with van der Waals surface area (Å²) in [7, 11) is 0. The molecule has 3 heterocycles. The van der Waals surface area contributed by atoms with Gasteiger partial charge in [0.2, 0.25) is 5.89 Å². The number of amides is 1. The lowest BCUT2D eigenvalue weighted by molar-refractivity contribution is 0.103. The van der Waals surface area contributed by atoms with Crippen LogP contribution in [0.1, 0.15) is 26.7 Å². The number of oxazole rings is 1. The molecule has 28 heavy (non-hydrogen) atoms. The van der Waals surface area contributed by atoms with Crippen LogP contribution in [0.4, 0.5) is 5.69 Å². The molecular weight excluding hydrogens is 396 g/mol. The van der Waals surface area contributed by atoms with E-state index in [1.54, 1.807) is 12.1 Å². The number of thiophene rings is 1. The fraction of sp³-hybridized carbons (Fsp3) is 0.150. The van der Waals surface area contributed by atoms with E-state index in [-0.39, 0.29) is 5.91 Å². The van der Waals surface area contributed by atoms with Gasteiger partial charge in [-0.15, -0.1) is 11.3 Å². The van der Waals surface area contributed by atoms with Crippen LogP contribution in [0, 0.1) is 13.8 Å². The summed E-state index contributed by atoms with van der Waals surface area (Å²) in [6.07, 6.45) is 3.78. The number of nitrogens with zero attached hydrogens (tertiary/aromatic N) is 3. The largest absolute Gasteiger partial charge is 0.441 e. The van der Waals surface area contributed by atoms with Crippen molar-refractivity contribution in [3.05, 3.63) is 75.0 Å². The van der Waals surface area contributed by atoms with Gasteiger partial charge in [-0.25, -0.2) is 4.98 Å². The molecule has 142 valence electrons. The van der Waals surface area contributed by atoms with Crippen LogP contribution < -0.4 is 5.32 Å². The lowest BCUT2D eigenvalue weighted by atomic mass is 10.2. The Labute approximate surface area is 170 Å². The molecule has 1 amide bonds. The molecular formula is C20H17ClN4O2S. The molecule has 0 radical (unpaired) electrons. The standard InChI is InChI=1S/C20H17ClN4O2S/c1-12-9-22-25(10-12)11-16-13(2)27-20(24-16)14-3-5-15(6-4-14)23-19(26)17-7-8-18(21)28-17/h3-10H,11H2,1-2H3,(H,23,26). The summed E-state index contributed by atoms with van der Waals surface area (Å²) in [5.41, 5.74) is 3.46. The normalized spacial score (nSPS) is 11.0. The number of aryl methyl sites for hydroxylation is 2. The summed E-state index contributed by atoms with van der Waals surface area (Å²) in [6.45, 7) is 4.45. The predicted molar refractivity (Wildman–Crippen MR) is 110 cm³/mol. The highest BCUT2D eigenvalue weighted by atomic mass is 35.5. The van der Waals surface area contributed by atoms with Crippen molar-refractivity contribution in [1.29, 1.82) is 0 Å². The smallest absolute Gasteiger partial charge is 0.265 e. The maximum absolute atomic E-state index is 12.2. The van der Waals surface area contributed by atoms with E-state index in [0.717, 1.165) is 22.6 Å². The first-order valence-electron chi connectivity index (χ1n) is 8.60. The molecule has 4 rings (SSSR count). The topological polar surface area (TPSA) is 73.0 Å². The van der Waals surface area contributed by atoms with Gasteiger partial charge in [0.1, 0.15) is 11.5 Å². The van der Waals surface area contributed by atoms with Crippen molar-refractivity contribution in [2.45, 2.75) is 20.4 Å². The monoisotopic (exact) mass is 412 g/mol. The molecule has 0 aliphatic heterocycles. The van der Waals surface area contributed by atoms with Crippen LogP contribution in [0.3, 0.4) is 0 Å². The second kappa shape index (κ2) is 7.61. The zero-order valence-electron chi connectivity index (χ0n) is 15.3. The second-order valence-corrected chi connectivity index (χ2v) is 8.09. The van der Waals surface area contributed by atoms with Gasteiger partial charge in [0.25, 0.3) is 5.91 Å². The van der Waals surface area contributed by atoms with Crippen LogP contribution in [0.15, 0.2) is 53.2 Å². The van der Waals surface area contributed by atoms with Crippen molar-refractivity contribution >= 4 is 34.5 Å². The van der Waals surface area contributed by atoms with Gasteiger partial charge >= 0.3 is 0 Å². The number of carbonyl (C=O) groups excluding carboxylic acids is 1. The minimum absolute atomic E-state index is 0.187. The molecule has 0 saturated carbocycles. The van der Waals surface area contributed by atoms with Crippen molar-refractivity contribution in [3.8, 4) is 11.5 Å². The SMILES string of the molecule is Cc1cnn(Cc2nc(-c3ccc(NC(=O)c4ccc(Cl)s4)cc3)oc2C)c1. The van der Waals surface area contributed by atoms with Crippen LogP contribution in [0.5, 0.6) is 0 Å². The van der Waals surface area contributed by atoms with Crippen molar-refractivity contribution in [2.75, 3.05) is 5.32 Å². The molecule has 0 atom stereocenters. The molecule has 0 saturated heterocycles. The number of hydrogen-bond acceptors (Lipinski definition) is 5. The Bertz CT molecular complexity index is 1130. The van der Waals surface area contributed by atoms with Crippen molar-refractivity contribution < 1.29 is 9.21 Å². The Morgan fingerprint density at radius 3 is 2.64 bits per heavy atom. The minimum atomic E-state index is -0.187. The fourth-order valence-electron chi connectivity index (χ4n) is 2.73. The lowest BCUT2D eigenvalue weighted by Gasteiger charge is -2.04. The van der Waals surface area contributed by atoms with Gasteiger partial charge in [0.05, 0.1) is 22.0 Å². The summed E-state index contributed by atoms with van der Waals surface area (Å²) in [5.74, 6) is 1.11. The zero-order chi connectivity index (χ0) is 19.7. The number of hydrogen-bond donors (Lipinski definition) is 1. The third-order valence-corrected chi connectivity index (χ3v) is 5.38. The lowest BCUT2D eigenvalue weighted by Crippen LogP contribution is -2.09. The third-order valence-electron chi connectivity index (χ3n) is 4.15. The molecule has 0 aliphatic carbocycles. The van der Waals surface area contributed by atoms with Gasteiger partial charge < -0.3 is 9.73 Å². The number of anilines is 1. The Kier molecular flexibility index (Phi) is 5.02. The Morgan fingerprint density at radius 1 is 1.21 bits per heavy atom. The minimum Gasteiger partial charge on any atom is -0.441 e. The second-order valence-electron chi connectivity index (χ2n) is 6.37. The molecule has 3 aromatic heterocycles. The molecule has 0 aliphatic rings. The molecule has 1 N–H and O–H groups in total. The highest BCUT2D eigenvalue weighted by molar-refractivity contribution is 7.18. The van der Waals surface area contributed by atoms with E-state index in [1.165, 1.54) is 11.3 Å². The molecule has 0 unspecified atom stereocenters. The van der Waals surface area contributed by atoms with E-state index in [2.05, 4.69) is 15.4 Å². The van der Waals surface area contributed by atoms with E-state index in [9.17, 15) is 4.79 Å². The average molecular weight is 413 g/mol. The molecule has 6 nitrogen and oxygen atoms in total. The van der Waals surface area contributed by atoms with Gasteiger partial charge in [-0.2, -0.15) is 5.10 Å². The highest BCUT2D eigenvalue weighted by Crippen LogP contribution is 2.25. The summed E-state index contributed by atoms with van der Waals surface area (Å²) in [4.78, 5) is 17.4. The first-order chi connectivity index (χ1) is 13.5. The Morgan fingerprint density at radius 2 is 2.00 bits per heavy atom. The van der Waals surface area contributed by atoms with Crippen LogP contribution in [0.25, 0.3) is 11.5 Å². The van der Waals surface area contributed by atoms with Crippen LogP contribution in [-0.4, -0.2) is 20.7 Å². The van der Waals surface area contributed by atoms with Crippen molar-refractivity contribution in [3.63, 3.8) is 0 Å². The molecule has 0 bridgehead atoms. The predicted octanol–water partition coefficient (Wildman–Crippen LogP) is 5.17. The van der Waals surface area contributed by atoms with Gasteiger partial charge in [-0.3, -0.25) is 9.48 Å². The van der Waals surface area contributed by atoms with Crippen molar-refractivity contribution in [1.82, 2.24) is 14.8 Å². The van der Waals surface area contributed by atoms with E-state index in [1.807, 2.05) is 55.2 Å². The third kappa shape index (κ3) is 4.00. The number of rotatable bonds is 5. The average Bonchev–Trinajstić information content (AvgIpc) is 3.37. The summed E-state index contributed by atoms with van der Waals surface area (Å²) >= 11 is 7.12. The quantitative estimate of drug-likeness (QED) is 0.490. The van der Waals surface area contributed by atoms with Gasteiger partial charge in [-0.05, 0) is 55.8 Å². The van der Waals surface area contributed by atoms with Gasteiger partial charge in [0, 0.05) is 17.4 Å². The molecule has 4 aromatic rings. The van der Waals surface area contributed by atoms with Crippen LogP contribution in [-0.2, 0) is 6.54 Å². The van der Waals surface area contributed by atoms with E-state index < -0.39 is 0 Å². The molecule has 0 spiro atoms. The van der Waals surface area contributed by atoms with Gasteiger partial charge in [-0.1, -0.05) is 11.6 Å². The van der Waals surface area contributed by atoms with Crippen LogP contribution >= 0.6 is 22.9 Å². The number of halogens is 1. The maximum atomic E-state index is 12.2. The number of nitrogens with one attached hydrogen (secondary N) is 1. The molecule has 0 fully saturated rings. The Hall–Kier alpha value is -2.90. The van der Waals surface area contributed by atoms with E-state index in [4.69, 9.17) is 16.0 Å². The zero-order valence-corrected chi connectivity index (χ0v) is 16.8. The summed E-state index contributed by atoms with van der Waals surface area (Å²) < 4.78 is 8.24. The summed E-state index contributed by atoms with van der Waals surface area (Å²) in [6, 6.07) is 10.8. The summed E-state index contributed by atoms with van der Waals surface area (Å²) in [5, 5.41) is 7.14. The highest BCUT2D eigenvalue weighted by Gasteiger charge is 2.13. The maximum Gasteiger partial charge on any atom is 0.265 e. The first-order valence-corrected chi connectivity index (χ1v) is 9.80. The first kappa shape index (κ1) is 18.5. The van der Waals surface area contributed by atoms with Crippen molar-refractivity contribution in [2.24, 2.45) is 0 Å². The van der Waals surface area contributed by atoms with E-state index in [0.29, 0.717) is 27.3 Å². The number of carbonyl (C=O) groups is 1. The molecule has 8 heteroatoms. The Balaban J connectivity index is 1.48. The van der Waals surface area contributed by atoms with E-state index >= 15 is 0 Å². The van der Waals surface area contributed by atoms with Crippen LogP contribution in [0.2, 0.25) is 4.34 Å².